The van der Waals surface area contributed by atoms with Gasteiger partial charge >= 0.3 is 0 Å². The van der Waals surface area contributed by atoms with Crippen LogP contribution in [0.1, 0.15) is 24.9 Å². The summed E-state index contributed by atoms with van der Waals surface area (Å²) in [6.07, 6.45) is 0.972. The number of anilines is 1. The van der Waals surface area contributed by atoms with Gasteiger partial charge in [-0.25, -0.2) is 0 Å². The van der Waals surface area contributed by atoms with Gasteiger partial charge in [0.15, 0.2) is 0 Å². The smallest absolute Gasteiger partial charge is 0.142 e. The number of hydrogen-bond acceptors (Lipinski definition) is 3. The summed E-state index contributed by atoms with van der Waals surface area (Å²) in [6.45, 7) is 5.31. The van der Waals surface area contributed by atoms with Gasteiger partial charge in [0, 0.05) is 5.02 Å². The van der Waals surface area contributed by atoms with E-state index < -0.39 is 0 Å². The van der Waals surface area contributed by atoms with Gasteiger partial charge in [-0.2, -0.15) is 0 Å². The van der Waals surface area contributed by atoms with Gasteiger partial charge in [-0.1, -0.05) is 18.5 Å². The zero-order chi connectivity index (χ0) is 13.7. The molecule has 0 aliphatic rings. The first-order chi connectivity index (χ1) is 9.19. The predicted molar refractivity (Wildman–Crippen MR) is 78.0 cm³/mol. The monoisotopic (exact) mass is 279 g/mol. The molecule has 0 fully saturated rings. The topological polar surface area (TPSA) is 34.4 Å². The molecule has 1 aromatic heterocycles. The second-order valence-corrected chi connectivity index (χ2v) is 4.79. The van der Waals surface area contributed by atoms with E-state index in [1.54, 1.807) is 0 Å². The van der Waals surface area contributed by atoms with Crippen LogP contribution in [0.4, 0.5) is 5.69 Å². The molecule has 0 saturated heterocycles. The van der Waals surface area contributed by atoms with E-state index in [1.165, 1.54) is 0 Å². The molecular weight excluding hydrogens is 262 g/mol. The first-order valence-corrected chi connectivity index (χ1v) is 6.78. The summed E-state index contributed by atoms with van der Waals surface area (Å²) in [5, 5.41) is 3.97. The number of halogens is 1. The first-order valence-electron chi connectivity index (χ1n) is 6.40. The fourth-order valence-electron chi connectivity index (χ4n) is 1.74. The highest BCUT2D eigenvalue weighted by Gasteiger charge is 2.06. The molecule has 102 valence electrons. The van der Waals surface area contributed by atoms with Crippen LogP contribution in [0.5, 0.6) is 5.75 Å². The molecule has 1 aromatic carbocycles. The number of aryl methyl sites for hydroxylation is 1. The van der Waals surface area contributed by atoms with E-state index in [0.717, 1.165) is 29.4 Å². The Balaban J connectivity index is 2.06. The molecule has 0 aliphatic carbocycles. The molecule has 2 rings (SSSR count). The minimum Gasteiger partial charge on any atom is -0.491 e. The second kappa shape index (κ2) is 6.53. The van der Waals surface area contributed by atoms with E-state index >= 15 is 0 Å². The Morgan fingerprint density at radius 1 is 1.26 bits per heavy atom. The summed E-state index contributed by atoms with van der Waals surface area (Å²) in [7, 11) is 0. The van der Waals surface area contributed by atoms with Crippen molar-refractivity contribution in [1.82, 2.24) is 0 Å². The lowest BCUT2D eigenvalue weighted by molar-refractivity contribution is 0.318. The quantitative estimate of drug-likeness (QED) is 0.836. The standard InChI is InChI=1S/C15H18ClNO2/c1-3-8-18-15-7-5-12(16)9-14(15)17-10-13-6-4-11(2)19-13/h4-7,9,17H,3,8,10H2,1-2H3. The van der Waals surface area contributed by atoms with Crippen molar-refractivity contribution in [3.05, 3.63) is 46.9 Å². The minimum absolute atomic E-state index is 0.608. The van der Waals surface area contributed by atoms with Crippen LogP contribution in [-0.4, -0.2) is 6.61 Å². The maximum atomic E-state index is 6.02. The van der Waals surface area contributed by atoms with Gasteiger partial charge in [0.25, 0.3) is 0 Å². The minimum atomic E-state index is 0.608. The molecule has 0 bridgehead atoms. The van der Waals surface area contributed by atoms with Gasteiger partial charge < -0.3 is 14.5 Å². The fourth-order valence-corrected chi connectivity index (χ4v) is 1.91. The molecule has 2 aromatic rings. The van der Waals surface area contributed by atoms with Gasteiger partial charge in [0.05, 0.1) is 18.8 Å². The van der Waals surface area contributed by atoms with Crippen LogP contribution in [0.2, 0.25) is 5.02 Å². The molecule has 0 saturated carbocycles. The number of furan rings is 1. The van der Waals surface area contributed by atoms with Crippen LogP contribution < -0.4 is 10.1 Å². The summed E-state index contributed by atoms with van der Waals surface area (Å²) in [5.74, 6) is 2.61. The summed E-state index contributed by atoms with van der Waals surface area (Å²) in [4.78, 5) is 0. The van der Waals surface area contributed by atoms with Crippen molar-refractivity contribution in [3.63, 3.8) is 0 Å². The third kappa shape index (κ3) is 3.93. The highest BCUT2D eigenvalue weighted by atomic mass is 35.5. The summed E-state index contributed by atoms with van der Waals surface area (Å²) >= 11 is 6.02. The summed E-state index contributed by atoms with van der Waals surface area (Å²) < 4.78 is 11.2. The van der Waals surface area contributed by atoms with E-state index in [0.29, 0.717) is 18.2 Å². The van der Waals surface area contributed by atoms with Crippen LogP contribution in [-0.2, 0) is 6.54 Å². The van der Waals surface area contributed by atoms with E-state index in [-0.39, 0.29) is 0 Å². The van der Waals surface area contributed by atoms with Gasteiger partial charge in [-0.3, -0.25) is 0 Å². The molecule has 19 heavy (non-hydrogen) atoms. The number of benzene rings is 1. The third-order valence-electron chi connectivity index (χ3n) is 2.65. The lowest BCUT2D eigenvalue weighted by Gasteiger charge is -2.12. The Labute approximate surface area is 118 Å². The van der Waals surface area contributed by atoms with Crippen molar-refractivity contribution in [3.8, 4) is 5.75 Å². The Morgan fingerprint density at radius 3 is 2.79 bits per heavy atom. The van der Waals surface area contributed by atoms with Crippen LogP contribution in [0.3, 0.4) is 0 Å². The lowest BCUT2D eigenvalue weighted by atomic mass is 10.3. The largest absolute Gasteiger partial charge is 0.491 e. The van der Waals surface area contributed by atoms with Gasteiger partial charge in [-0.15, -0.1) is 0 Å². The molecule has 0 atom stereocenters. The van der Waals surface area contributed by atoms with Crippen LogP contribution in [0, 0.1) is 6.92 Å². The van der Waals surface area contributed by atoms with E-state index in [2.05, 4.69) is 12.2 Å². The number of ether oxygens (including phenoxy) is 1. The number of rotatable bonds is 6. The van der Waals surface area contributed by atoms with Crippen molar-refractivity contribution < 1.29 is 9.15 Å². The van der Waals surface area contributed by atoms with Crippen LogP contribution in [0.25, 0.3) is 0 Å². The Hall–Kier alpha value is -1.61. The van der Waals surface area contributed by atoms with Crippen molar-refractivity contribution in [2.75, 3.05) is 11.9 Å². The Morgan fingerprint density at radius 2 is 2.11 bits per heavy atom. The number of hydrogen-bond donors (Lipinski definition) is 1. The molecule has 0 unspecified atom stereocenters. The molecule has 0 amide bonds. The van der Waals surface area contributed by atoms with Gasteiger partial charge in [0.1, 0.15) is 17.3 Å². The predicted octanol–water partition coefficient (Wildman–Crippen LogP) is 4.64. The highest BCUT2D eigenvalue weighted by molar-refractivity contribution is 6.30. The molecule has 4 heteroatoms. The van der Waals surface area contributed by atoms with Crippen LogP contribution in [0.15, 0.2) is 34.7 Å². The first kappa shape index (κ1) is 13.8. The third-order valence-corrected chi connectivity index (χ3v) is 2.89. The number of nitrogens with one attached hydrogen (secondary N) is 1. The van der Waals surface area contributed by atoms with Crippen molar-refractivity contribution in [2.24, 2.45) is 0 Å². The molecule has 1 N–H and O–H groups in total. The van der Waals surface area contributed by atoms with E-state index in [4.69, 9.17) is 20.8 Å². The van der Waals surface area contributed by atoms with Crippen LogP contribution >= 0.6 is 11.6 Å². The van der Waals surface area contributed by atoms with Crippen molar-refractivity contribution in [1.29, 1.82) is 0 Å². The normalized spacial score (nSPS) is 10.5. The molecule has 0 aliphatic heterocycles. The molecule has 0 radical (unpaired) electrons. The molecular formula is C15H18ClNO2. The maximum absolute atomic E-state index is 6.02. The zero-order valence-corrected chi connectivity index (χ0v) is 12.0. The van der Waals surface area contributed by atoms with Gasteiger partial charge in [-0.05, 0) is 43.7 Å². The average molecular weight is 280 g/mol. The Kier molecular flexibility index (Phi) is 4.74. The molecule has 0 spiro atoms. The summed E-state index contributed by atoms with van der Waals surface area (Å²) in [5.41, 5.74) is 0.884. The highest BCUT2D eigenvalue weighted by Crippen LogP contribution is 2.28. The van der Waals surface area contributed by atoms with Gasteiger partial charge in [0.2, 0.25) is 0 Å². The van der Waals surface area contributed by atoms with Crippen molar-refractivity contribution in [2.45, 2.75) is 26.8 Å². The van der Waals surface area contributed by atoms with E-state index in [1.807, 2.05) is 37.3 Å². The fraction of sp³-hybridized carbons (Fsp3) is 0.333. The second-order valence-electron chi connectivity index (χ2n) is 4.35. The zero-order valence-electron chi connectivity index (χ0n) is 11.2. The van der Waals surface area contributed by atoms with E-state index in [9.17, 15) is 0 Å². The summed E-state index contributed by atoms with van der Waals surface area (Å²) in [6, 6.07) is 9.48. The molecule has 3 nitrogen and oxygen atoms in total. The molecule has 1 heterocycles. The van der Waals surface area contributed by atoms with Crippen molar-refractivity contribution >= 4 is 17.3 Å². The average Bonchev–Trinajstić information content (AvgIpc) is 2.81. The maximum Gasteiger partial charge on any atom is 0.142 e. The SMILES string of the molecule is CCCOc1ccc(Cl)cc1NCc1ccc(C)o1. The Bertz CT molecular complexity index is 537. The lowest BCUT2D eigenvalue weighted by Crippen LogP contribution is -2.03.